The molecule has 0 aliphatic rings. The van der Waals surface area contributed by atoms with Crippen LogP contribution in [0.4, 0.5) is 17.1 Å². The average molecular weight is 467 g/mol. The summed E-state index contributed by atoms with van der Waals surface area (Å²) in [5.41, 5.74) is 1.48. The summed E-state index contributed by atoms with van der Waals surface area (Å²) in [6.07, 6.45) is 0. The highest BCUT2D eigenvalue weighted by Gasteiger charge is 2.21. The molecule has 0 bridgehead atoms. The minimum Gasteiger partial charge on any atom is -1.00 e. The molecule has 0 radical (unpaired) electrons. The van der Waals surface area contributed by atoms with Crippen LogP contribution in [0.2, 0.25) is 0 Å². The zero-order chi connectivity index (χ0) is 22.9. The number of halogens is 1. The number of benzene rings is 3. The van der Waals surface area contributed by atoms with Gasteiger partial charge in [0.25, 0.3) is 11.8 Å². The monoisotopic (exact) mass is 466 g/mol. The number of carbonyl (C=O) groups excluding carboxylic acids is 2. The van der Waals surface area contributed by atoms with Gasteiger partial charge >= 0.3 is 5.69 Å². The molecule has 0 heterocycles. The highest BCUT2D eigenvalue weighted by atomic mass is 35.5. The van der Waals surface area contributed by atoms with Gasteiger partial charge in [-0.3, -0.25) is 9.59 Å². The van der Waals surface area contributed by atoms with Crippen LogP contribution >= 0.6 is 0 Å². The molecule has 0 atom stereocenters. The van der Waals surface area contributed by atoms with Crippen LogP contribution in [0.3, 0.4) is 0 Å². The lowest BCUT2D eigenvalue weighted by atomic mass is 10.1. The summed E-state index contributed by atoms with van der Waals surface area (Å²) in [5, 5.41) is 14.9. The fraction of sp³-hybridized carbons (Fsp3) is 0.167. The molecular weight excluding hydrogens is 444 g/mol. The minimum atomic E-state index is -0.415. The molecule has 3 aromatic rings. The maximum atomic E-state index is 12.7. The van der Waals surface area contributed by atoms with Gasteiger partial charge in [-0.1, -0.05) is 24.3 Å². The maximum Gasteiger partial charge on any atom is 0.410 e. The van der Waals surface area contributed by atoms with Gasteiger partial charge in [-0.15, -0.1) is 0 Å². The van der Waals surface area contributed by atoms with Crippen LogP contribution in [0.5, 0.6) is 11.5 Å². The van der Waals surface area contributed by atoms with Crippen LogP contribution in [-0.2, 0) is 0 Å². The number of carbonyl (C=O) groups is 2. The van der Waals surface area contributed by atoms with Crippen molar-refractivity contribution >= 4 is 28.9 Å². The van der Waals surface area contributed by atoms with Crippen molar-refractivity contribution in [1.29, 1.82) is 5.39 Å². The fourth-order valence-corrected chi connectivity index (χ4v) is 3.06. The Morgan fingerprint density at radius 3 is 1.85 bits per heavy atom. The number of nitrogens with one attached hydrogen (secondary N) is 2. The molecular formula is C24H23ClN4O4. The van der Waals surface area contributed by atoms with Gasteiger partial charge in [-0.05, 0) is 50.2 Å². The second-order valence-corrected chi connectivity index (χ2v) is 6.60. The fourth-order valence-electron chi connectivity index (χ4n) is 3.06. The normalized spacial score (nSPS) is 9.73. The van der Waals surface area contributed by atoms with Crippen LogP contribution < -0.4 is 32.5 Å². The molecule has 0 saturated heterocycles. The quantitative estimate of drug-likeness (QED) is 0.496. The number of hydrogen-bond donors (Lipinski definition) is 2. The molecule has 3 rings (SSSR count). The first-order chi connectivity index (χ1) is 15.6. The van der Waals surface area contributed by atoms with E-state index in [1.165, 1.54) is 6.07 Å². The number of para-hydroxylation sites is 2. The number of rotatable bonds is 8. The van der Waals surface area contributed by atoms with Gasteiger partial charge in [0.05, 0.1) is 30.4 Å². The lowest BCUT2D eigenvalue weighted by Crippen LogP contribution is -3.00. The Kier molecular flexibility index (Phi) is 9.21. The van der Waals surface area contributed by atoms with Crippen molar-refractivity contribution in [2.24, 2.45) is 0 Å². The van der Waals surface area contributed by atoms with Crippen LogP contribution in [-0.4, -0.2) is 25.0 Å². The van der Waals surface area contributed by atoms with Crippen LogP contribution in [0.1, 0.15) is 34.6 Å². The van der Waals surface area contributed by atoms with Crippen LogP contribution in [0.15, 0.2) is 66.7 Å². The lowest BCUT2D eigenvalue weighted by Gasteiger charge is -2.11. The molecule has 0 aromatic heterocycles. The minimum absolute atomic E-state index is 0. The number of nitrogens with zero attached hydrogens (tertiary/aromatic N) is 2. The summed E-state index contributed by atoms with van der Waals surface area (Å²) in [5.74, 6) is 0.130. The van der Waals surface area contributed by atoms with Gasteiger partial charge < -0.3 is 32.5 Å². The summed E-state index contributed by atoms with van der Waals surface area (Å²) >= 11 is 0. The van der Waals surface area contributed by atoms with E-state index in [4.69, 9.17) is 9.47 Å². The lowest BCUT2D eigenvalue weighted by molar-refractivity contribution is -0.0000233. The Bertz CT molecular complexity index is 1180. The zero-order valence-electron chi connectivity index (χ0n) is 18.2. The van der Waals surface area contributed by atoms with E-state index in [1.54, 1.807) is 60.7 Å². The smallest absolute Gasteiger partial charge is 0.410 e. The van der Waals surface area contributed by atoms with Crippen LogP contribution in [0, 0.1) is 5.39 Å². The Balaban J connectivity index is 0.00000385. The van der Waals surface area contributed by atoms with E-state index in [0.717, 1.165) is 0 Å². The highest BCUT2D eigenvalue weighted by molar-refractivity contribution is 6.09. The van der Waals surface area contributed by atoms with E-state index in [9.17, 15) is 15.0 Å². The Morgan fingerprint density at radius 2 is 1.33 bits per heavy atom. The summed E-state index contributed by atoms with van der Waals surface area (Å²) in [4.78, 5) is 28.7. The number of hydrogen-bond acceptors (Lipinski definition) is 5. The predicted molar refractivity (Wildman–Crippen MR) is 122 cm³/mol. The molecule has 2 amide bonds. The zero-order valence-corrected chi connectivity index (χ0v) is 18.9. The first-order valence-corrected chi connectivity index (χ1v) is 10.1. The third-order valence-corrected chi connectivity index (χ3v) is 4.47. The predicted octanol–water partition coefficient (Wildman–Crippen LogP) is 2.48. The van der Waals surface area contributed by atoms with Crippen molar-refractivity contribution in [3.8, 4) is 11.5 Å². The molecule has 0 fully saturated rings. The molecule has 9 heteroatoms. The molecule has 0 unspecified atom stereocenters. The highest BCUT2D eigenvalue weighted by Crippen LogP contribution is 2.30. The molecule has 33 heavy (non-hydrogen) atoms. The van der Waals surface area contributed by atoms with E-state index in [0.29, 0.717) is 41.5 Å². The number of ether oxygens (including phenoxy) is 2. The van der Waals surface area contributed by atoms with E-state index < -0.39 is 5.91 Å². The Hall–Kier alpha value is -4.09. The number of diazo groups is 1. The summed E-state index contributed by atoms with van der Waals surface area (Å²) in [6, 6.07) is 18.3. The van der Waals surface area contributed by atoms with Crippen molar-refractivity contribution in [2.45, 2.75) is 13.8 Å². The molecule has 8 nitrogen and oxygen atoms in total. The maximum absolute atomic E-state index is 12.7. The summed E-state index contributed by atoms with van der Waals surface area (Å²) < 4.78 is 11.0. The van der Waals surface area contributed by atoms with Gasteiger partial charge in [0.1, 0.15) is 17.2 Å². The Morgan fingerprint density at radius 1 is 0.818 bits per heavy atom. The van der Waals surface area contributed by atoms with Gasteiger partial charge in [0.2, 0.25) is 5.39 Å². The first-order valence-electron chi connectivity index (χ1n) is 10.1. The van der Waals surface area contributed by atoms with E-state index in [-0.39, 0.29) is 29.7 Å². The molecule has 3 aromatic carbocycles. The van der Waals surface area contributed by atoms with Gasteiger partial charge in [0.15, 0.2) is 4.98 Å². The van der Waals surface area contributed by atoms with Crippen molar-refractivity contribution in [2.75, 3.05) is 23.8 Å². The standard InChI is InChI=1S/C24H22N4O4.ClH/c1-3-31-21-11-7-5-9-17(21)23(29)26-16-13-14-19(20(15-16)28-25)27-24(30)18-10-6-8-12-22(18)32-4-2;/h5-15,25H,3-4H2,1-2H3;1H. The van der Waals surface area contributed by atoms with E-state index in [1.807, 2.05) is 13.8 Å². The topological polar surface area (TPSA) is 105 Å². The van der Waals surface area contributed by atoms with Crippen molar-refractivity contribution in [1.82, 2.24) is 0 Å². The first kappa shape index (κ1) is 25.2. The largest absolute Gasteiger partial charge is 1.00 e. The van der Waals surface area contributed by atoms with Crippen molar-refractivity contribution in [3.05, 3.63) is 82.8 Å². The van der Waals surface area contributed by atoms with E-state index in [2.05, 4.69) is 15.6 Å². The molecule has 2 N–H and O–H groups in total. The molecule has 170 valence electrons. The second-order valence-electron chi connectivity index (χ2n) is 6.60. The van der Waals surface area contributed by atoms with Gasteiger partial charge in [-0.2, -0.15) is 0 Å². The second kappa shape index (κ2) is 12.1. The number of amides is 2. The van der Waals surface area contributed by atoms with Crippen molar-refractivity contribution < 1.29 is 31.5 Å². The van der Waals surface area contributed by atoms with Gasteiger partial charge in [0, 0.05) is 5.69 Å². The van der Waals surface area contributed by atoms with Gasteiger partial charge in [-0.25, -0.2) is 0 Å². The third kappa shape index (κ3) is 6.21. The molecule has 0 aliphatic carbocycles. The summed E-state index contributed by atoms with van der Waals surface area (Å²) in [7, 11) is 0. The van der Waals surface area contributed by atoms with E-state index >= 15 is 0 Å². The van der Waals surface area contributed by atoms with Crippen LogP contribution in [0.25, 0.3) is 4.98 Å². The molecule has 0 spiro atoms. The number of anilines is 2. The SMILES string of the molecule is CCOc1ccccc1C(=O)Nc1ccc(NC(=O)c2ccccc2OCC)c([N+]#N)c1.[Cl-]. The molecule has 0 saturated carbocycles. The summed E-state index contributed by atoms with van der Waals surface area (Å²) in [6.45, 7) is 4.52. The third-order valence-electron chi connectivity index (χ3n) is 4.47. The molecule has 0 aliphatic heterocycles. The average Bonchev–Trinajstić information content (AvgIpc) is 2.81. The van der Waals surface area contributed by atoms with Crippen molar-refractivity contribution in [3.63, 3.8) is 0 Å². The Labute approximate surface area is 197 Å².